The molecule has 3 nitrogen and oxygen atoms in total. The van der Waals surface area contributed by atoms with Gasteiger partial charge in [0.1, 0.15) is 0 Å². The first-order valence-corrected chi connectivity index (χ1v) is 5.63. The molecule has 0 radical (unpaired) electrons. The standard InChI is InChI=1S/C12H22O3/c1-4-6-7-8-10(3)9-11(13)12(14)15-5-2/h11,13H,3-9H2,1-2H3/t11-/m0/s1. The van der Waals surface area contributed by atoms with E-state index in [-0.39, 0.29) is 0 Å². The average molecular weight is 214 g/mol. The molecule has 0 saturated carbocycles. The summed E-state index contributed by atoms with van der Waals surface area (Å²) in [6, 6.07) is 0. The number of carbonyl (C=O) groups is 1. The SMILES string of the molecule is C=C(CCCCC)C[C@H](O)C(=O)OCC. The summed E-state index contributed by atoms with van der Waals surface area (Å²) in [5, 5.41) is 9.44. The van der Waals surface area contributed by atoms with Crippen molar-refractivity contribution >= 4 is 5.97 Å². The molecule has 0 aliphatic carbocycles. The van der Waals surface area contributed by atoms with Crippen molar-refractivity contribution in [1.82, 2.24) is 0 Å². The summed E-state index contributed by atoms with van der Waals surface area (Å²) in [4.78, 5) is 11.1. The lowest BCUT2D eigenvalue weighted by Gasteiger charge is -2.11. The van der Waals surface area contributed by atoms with Crippen LogP contribution in [0, 0.1) is 0 Å². The molecular formula is C12H22O3. The Morgan fingerprint density at radius 1 is 1.40 bits per heavy atom. The monoisotopic (exact) mass is 214 g/mol. The summed E-state index contributed by atoms with van der Waals surface area (Å²) in [6.45, 7) is 8.00. The predicted octanol–water partition coefficient (Wildman–Crippen LogP) is 2.44. The van der Waals surface area contributed by atoms with Crippen molar-refractivity contribution in [3.05, 3.63) is 12.2 Å². The molecule has 0 aromatic heterocycles. The minimum atomic E-state index is -1.04. The number of unbranched alkanes of at least 4 members (excludes halogenated alkanes) is 2. The van der Waals surface area contributed by atoms with Crippen LogP contribution in [0.15, 0.2) is 12.2 Å². The molecule has 0 aromatic rings. The van der Waals surface area contributed by atoms with Gasteiger partial charge in [-0.1, -0.05) is 31.9 Å². The molecule has 15 heavy (non-hydrogen) atoms. The Balaban J connectivity index is 3.70. The molecule has 0 heterocycles. The van der Waals surface area contributed by atoms with Crippen molar-refractivity contribution in [3.63, 3.8) is 0 Å². The second-order valence-electron chi connectivity index (χ2n) is 3.68. The lowest BCUT2D eigenvalue weighted by Crippen LogP contribution is -2.23. The van der Waals surface area contributed by atoms with E-state index >= 15 is 0 Å². The van der Waals surface area contributed by atoms with Gasteiger partial charge >= 0.3 is 5.97 Å². The van der Waals surface area contributed by atoms with Crippen molar-refractivity contribution in [1.29, 1.82) is 0 Å². The number of esters is 1. The van der Waals surface area contributed by atoms with Gasteiger partial charge in [-0.3, -0.25) is 0 Å². The minimum absolute atomic E-state index is 0.304. The van der Waals surface area contributed by atoms with E-state index in [1.807, 2.05) is 0 Å². The van der Waals surface area contributed by atoms with Crippen LogP contribution in [0.3, 0.4) is 0 Å². The maximum atomic E-state index is 11.1. The highest BCUT2D eigenvalue weighted by atomic mass is 16.5. The summed E-state index contributed by atoms with van der Waals surface area (Å²) >= 11 is 0. The first kappa shape index (κ1) is 14.2. The van der Waals surface area contributed by atoms with Gasteiger partial charge in [-0.2, -0.15) is 0 Å². The molecule has 0 spiro atoms. The first-order valence-electron chi connectivity index (χ1n) is 5.63. The first-order chi connectivity index (χ1) is 7.11. The fourth-order valence-electron chi connectivity index (χ4n) is 1.32. The summed E-state index contributed by atoms with van der Waals surface area (Å²) in [6.07, 6.45) is 3.55. The van der Waals surface area contributed by atoms with E-state index in [1.54, 1.807) is 6.92 Å². The van der Waals surface area contributed by atoms with Crippen LogP contribution in [-0.4, -0.2) is 23.8 Å². The second-order valence-corrected chi connectivity index (χ2v) is 3.68. The minimum Gasteiger partial charge on any atom is -0.464 e. The van der Waals surface area contributed by atoms with Gasteiger partial charge in [-0.05, 0) is 19.8 Å². The van der Waals surface area contributed by atoms with Crippen molar-refractivity contribution in [3.8, 4) is 0 Å². The third-order valence-corrected chi connectivity index (χ3v) is 2.17. The molecule has 0 unspecified atom stereocenters. The Hall–Kier alpha value is -0.830. The van der Waals surface area contributed by atoms with Gasteiger partial charge in [0, 0.05) is 6.42 Å². The average Bonchev–Trinajstić information content (AvgIpc) is 2.18. The molecule has 1 atom stereocenters. The normalized spacial score (nSPS) is 12.2. The number of aliphatic hydroxyl groups excluding tert-OH is 1. The second kappa shape index (κ2) is 8.48. The van der Waals surface area contributed by atoms with Crippen LogP contribution in [0.4, 0.5) is 0 Å². The highest BCUT2D eigenvalue weighted by Crippen LogP contribution is 2.13. The van der Waals surface area contributed by atoms with E-state index in [2.05, 4.69) is 13.5 Å². The fraction of sp³-hybridized carbons (Fsp3) is 0.750. The molecule has 0 aliphatic heterocycles. The Morgan fingerprint density at radius 3 is 2.60 bits per heavy atom. The van der Waals surface area contributed by atoms with Crippen molar-refractivity contribution < 1.29 is 14.6 Å². The van der Waals surface area contributed by atoms with Crippen molar-refractivity contribution in [2.45, 2.75) is 52.1 Å². The van der Waals surface area contributed by atoms with Crippen LogP contribution >= 0.6 is 0 Å². The lowest BCUT2D eigenvalue weighted by molar-refractivity contribution is -0.152. The molecule has 0 aliphatic rings. The Kier molecular flexibility index (Phi) is 8.01. The van der Waals surface area contributed by atoms with Crippen molar-refractivity contribution in [2.75, 3.05) is 6.61 Å². The highest BCUT2D eigenvalue weighted by molar-refractivity contribution is 5.74. The van der Waals surface area contributed by atoms with Gasteiger partial charge in [0.15, 0.2) is 6.10 Å². The van der Waals surface area contributed by atoms with E-state index in [9.17, 15) is 9.90 Å². The lowest BCUT2D eigenvalue weighted by atomic mass is 10.0. The summed E-state index contributed by atoms with van der Waals surface area (Å²) in [5.41, 5.74) is 0.920. The molecule has 0 saturated heterocycles. The fourth-order valence-corrected chi connectivity index (χ4v) is 1.32. The van der Waals surface area contributed by atoms with E-state index < -0.39 is 12.1 Å². The molecule has 1 N–H and O–H groups in total. The smallest absolute Gasteiger partial charge is 0.335 e. The number of hydrogen-bond donors (Lipinski definition) is 1. The maximum Gasteiger partial charge on any atom is 0.335 e. The quantitative estimate of drug-likeness (QED) is 0.383. The Bertz CT molecular complexity index is 199. The van der Waals surface area contributed by atoms with Crippen LogP contribution in [-0.2, 0) is 9.53 Å². The summed E-state index contributed by atoms with van der Waals surface area (Å²) in [7, 11) is 0. The van der Waals surface area contributed by atoms with E-state index in [1.165, 1.54) is 0 Å². The summed E-state index contributed by atoms with van der Waals surface area (Å²) < 4.78 is 4.70. The Labute approximate surface area is 92.1 Å². The van der Waals surface area contributed by atoms with Crippen LogP contribution in [0.1, 0.15) is 46.0 Å². The molecule has 0 rings (SSSR count). The zero-order valence-electron chi connectivity index (χ0n) is 9.79. The molecule has 88 valence electrons. The van der Waals surface area contributed by atoms with E-state index in [0.717, 1.165) is 31.3 Å². The molecular weight excluding hydrogens is 192 g/mol. The maximum absolute atomic E-state index is 11.1. The van der Waals surface area contributed by atoms with Crippen molar-refractivity contribution in [2.24, 2.45) is 0 Å². The zero-order chi connectivity index (χ0) is 11.7. The van der Waals surface area contributed by atoms with Crippen LogP contribution in [0.2, 0.25) is 0 Å². The molecule has 3 heteroatoms. The van der Waals surface area contributed by atoms with Gasteiger partial charge in [0.2, 0.25) is 0 Å². The Morgan fingerprint density at radius 2 is 2.07 bits per heavy atom. The summed E-state index contributed by atoms with van der Waals surface area (Å²) in [5.74, 6) is -0.547. The third-order valence-electron chi connectivity index (χ3n) is 2.17. The number of ether oxygens (including phenoxy) is 1. The molecule has 0 aromatic carbocycles. The van der Waals surface area contributed by atoms with E-state index in [0.29, 0.717) is 13.0 Å². The number of carbonyl (C=O) groups excluding carboxylic acids is 1. The van der Waals surface area contributed by atoms with Gasteiger partial charge < -0.3 is 9.84 Å². The van der Waals surface area contributed by atoms with Gasteiger partial charge in [-0.15, -0.1) is 0 Å². The predicted molar refractivity (Wildman–Crippen MR) is 60.5 cm³/mol. The number of aliphatic hydroxyl groups is 1. The van der Waals surface area contributed by atoms with Crippen LogP contribution < -0.4 is 0 Å². The largest absolute Gasteiger partial charge is 0.464 e. The van der Waals surface area contributed by atoms with Crippen LogP contribution in [0.5, 0.6) is 0 Å². The van der Waals surface area contributed by atoms with Crippen LogP contribution in [0.25, 0.3) is 0 Å². The van der Waals surface area contributed by atoms with Gasteiger partial charge in [0.25, 0.3) is 0 Å². The van der Waals surface area contributed by atoms with E-state index in [4.69, 9.17) is 4.74 Å². The molecule has 0 bridgehead atoms. The molecule has 0 amide bonds. The number of rotatable bonds is 8. The molecule has 0 fully saturated rings. The van der Waals surface area contributed by atoms with Gasteiger partial charge in [0.05, 0.1) is 6.61 Å². The highest BCUT2D eigenvalue weighted by Gasteiger charge is 2.16. The zero-order valence-corrected chi connectivity index (χ0v) is 9.79. The number of hydrogen-bond acceptors (Lipinski definition) is 3. The topological polar surface area (TPSA) is 46.5 Å². The van der Waals surface area contributed by atoms with Gasteiger partial charge in [-0.25, -0.2) is 4.79 Å². The third kappa shape index (κ3) is 7.14.